The van der Waals surface area contributed by atoms with E-state index in [0.717, 1.165) is 4.31 Å². The van der Waals surface area contributed by atoms with Gasteiger partial charge >= 0.3 is 0 Å². The van der Waals surface area contributed by atoms with Gasteiger partial charge in [-0.1, -0.05) is 54.6 Å². The summed E-state index contributed by atoms with van der Waals surface area (Å²) in [6.45, 7) is 0.856. The van der Waals surface area contributed by atoms with E-state index in [1.54, 1.807) is 30.3 Å². The average Bonchev–Trinajstić information content (AvgIpc) is 2.75. The maximum Gasteiger partial charge on any atom is 0.246 e. The van der Waals surface area contributed by atoms with E-state index in [9.17, 15) is 30.8 Å². The van der Waals surface area contributed by atoms with E-state index in [4.69, 9.17) is 0 Å². The predicted molar refractivity (Wildman–Crippen MR) is 106 cm³/mol. The van der Waals surface area contributed by atoms with Gasteiger partial charge in [-0.15, -0.1) is 0 Å². The first-order valence-corrected chi connectivity index (χ1v) is 10.5. The van der Waals surface area contributed by atoms with Crippen molar-refractivity contribution in [2.75, 3.05) is 0 Å². The molecule has 0 aliphatic heterocycles. The third kappa shape index (κ3) is 4.83. The van der Waals surface area contributed by atoms with E-state index in [1.807, 2.05) is 0 Å². The molecule has 0 fully saturated rings. The quantitative estimate of drug-likeness (QED) is 0.224. The van der Waals surface area contributed by atoms with Crippen LogP contribution in [0.2, 0.25) is 0 Å². The number of rotatable bonds is 7. The molecule has 0 aromatic heterocycles. The molecular formula is C22H17F4NO3S. The molecule has 0 N–H and O–H groups in total. The summed E-state index contributed by atoms with van der Waals surface area (Å²) < 4.78 is 82.1. The van der Waals surface area contributed by atoms with Gasteiger partial charge in [-0.3, -0.25) is 4.79 Å². The van der Waals surface area contributed by atoms with Gasteiger partial charge in [0.15, 0.2) is 29.1 Å². The van der Waals surface area contributed by atoms with Crippen LogP contribution in [0, 0.1) is 23.3 Å². The van der Waals surface area contributed by atoms with Gasteiger partial charge in [0, 0.05) is 24.7 Å². The molecule has 0 heterocycles. The number of halogens is 4. The summed E-state index contributed by atoms with van der Waals surface area (Å²) in [6, 6.07) is 14.5. The van der Waals surface area contributed by atoms with Crippen LogP contribution >= 0.6 is 0 Å². The minimum atomic E-state index is -4.77. The first-order valence-electron chi connectivity index (χ1n) is 9.08. The summed E-state index contributed by atoms with van der Waals surface area (Å²) in [5.41, 5.74) is 1.40. The average molecular weight is 451 g/mol. The highest BCUT2D eigenvalue weighted by Gasteiger charge is 2.32. The molecule has 31 heavy (non-hydrogen) atoms. The molecule has 0 bridgehead atoms. The fourth-order valence-electron chi connectivity index (χ4n) is 2.94. The number of hydrogen-bond donors (Lipinski definition) is 0. The molecule has 0 unspecified atom stereocenters. The summed E-state index contributed by atoms with van der Waals surface area (Å²) >= 11 is 0. The highest BCUT2D eigenvalue weighted by atomic mass is 32.2. The van der Waals surface area contributed by atoms with Crippen molar-refractivity contribution in [2.24, 2.45) is 0 Å². The minimum Gasteiger partial charge on any atom is -0.295 e. The van der Waals surface area contributed by atoms with Crippen molar-refractivity contribution >= 4 is 15.8 Å². The van der Waals surface area contributed by atoms with Crippen LogP contribution in [0.5, 0.6) is 0 Å². The second-order valence-corrected chi connectivity index (χ2v) is 8.72. The van der Waals surface area contributed by atoms with Crippen LogP contribution in [-0.2, 0) is 23.1 Å². The molecule has 0 spiro atoms. The van der Waals surface area contributed by atoms with Crippen LogP contribution in [0.25, 0.3) is 0 Å². The molecule has 162 valence electrons. The number of ketones is 1. The lowest BCUT2D eigenvalue weighted by Crippen LogP contribution is -2.31. The van der Waals surface area contributed by atoms with Crippen molar-refractivity contribution in [3.8, 4) is 0 Å². The van der Waals surface area contributed by atoms with E-state index in [-0.39, 0.29) is 24.9 Å². The number of nitrogens with zero attached hydrogens (tertiary/aromatic N) is 1. The first-order chi connectivity index (χ1) is 14.6. The normalized spacial score (nSPS) is 11.7. The van der Waals surface area contributed by atoms with Gasteiger partial charge in [0.25, 0.3) is 0 Å². The number of benzene rings is 3. The second-order valence-electron chi connectivity index (χ2n) is 6.81. The second kappa shape index (κ2) is 8.99. The fraction of sp³-hybridized carbons (Fsp3) is 0.136. The molecule has 0 aliphatic carbocycles. The van der Waals surface area contributed by atoms with E-state index >= 15 is 0 Å². The summed E-state index contributed by atoms with van der Waals surface area (Å²) in [6.07, 6.45) is 0. The molecule has 0 saturated carbocycles. The predicted octanol–water partition coefficient (Wildman–Crippen LogP) is 4.84. The maximum atomic E-state index is 14.3. The summed E-state index contributed by atoms with van der Waals surface area (Å²) in [4.78, 5) is 10.1. The lowest BCUT2D eigenvalue weighted by molar-refractivity contribution is 0.101. The van der Waals surface area contributed by atoms with Gasteiger partial charge in [0.1, 0.15) is 4.90 Å². The lowest BCUT2D eigenvalue weighted by Gasteiger charge is -2.23. The molecule has 3 aromatic rings. The van der Waals surface area contributed by atoms with Crippen molar-refractivity contribution in [1.29, 1.82) is 0 Å². The van der Waals surface area contributed by atoms with Crippen LogP contribution < -0.4 is 0 Å². The number of Topliss-reactive ketones (excluding diaryl/α,β-unsaturated/α-hetero) is 1. The third-order valence-corrected chi connectivity index (χ3v) is 6.40. The zero-order valence-corrected chi connectivity index (χ0v) is 17.1. The molecule has 0 amide bonds. The Morgan fingerprint density at radius 3 is 1.90 bits per heavy atom. The number of carbonyl (C=O) groups excluding carboxylic acids is 1. The van der Waals surface area contributed by atoms with E-state index in [2.05, 4.69) is 0 Å². The zero-order valence-electron chi connectivity index (χ0n) is 16.3. The van der Waals surface area contributed by atoms with Crippen molar-refractivity contribution in [3.63, 3.8) is 0 Å². The Balaban J connectivity index is 2.06. The van der Waals surface area contributed by atoms with Crippen molar-refractivity contribution in [3.05, 3.63) is 101 Å². The molecule has 0 saturated heterocycles. The number of hydrogen-bond acceptors (Lipinski definition) is 3. The Hall–Kier alpha value is -3.04. The van der Waals surface area contributed by atoms with Crippen LogP contribution in [0.4, 0.5) is 17.6 Å². The summed E-state index contributed by atoms with van der Waals surface area (Å²) in [7, 11) is -4.77. The SMILES string of the molecule is CC(=O)c1ccc(CN(Cc2ccccc2)S(=O)(=O)c2cc(F)c(F)c(F)c2F)cc1. The number of carbonyl (C=O) groups is 1. The molecular weight excluding hydrogens is 434 g/mol. The Morgan fingerprint density at radius 2 is 1.35 bits per heavy atom. The standard InChI is InChI=1S/C22H17F4NO3S/c1-14(28)17-9-7-16(8-10-17)13-27(12-15-5-3-2-4-6-15)31(29,30)19-11-18(23)20(24)22(26)21(19)25/h2-11H,12-13H2,1H3. The van der Waals surface area contributed by atoms with Crippen molar-refractivity contribution in [1.82, 2.24) is 4.31 Å². The van der Waals surface area contributed by atoms with Crippen LogP contribution in [0.15, 0.2) is 65.6 Å². The molecule has 3 rings (SSSR count). The molecule has 9 heteroatoms. The van der Waals surface area contributed by atoms with Crippen LogP contribution in [0.3, 0.4) is 0 Å². The smallest absolute Gasteiger partial charge is 0.246 e. The molecule has 0 atom stereocenters. The fourth-order valence-corrected chi connectivity index (χ4v) is 4.42. The Labute approximate surface area is 176 Å². The first kappa shape index (κ1) is 22.6. The topological polar surface area (TPSA) is 54.5 Å². The van der Waals surface area contributed by atoms with Gasteiger partial charge < -0.3 is 0 Å². The summed E-state index contributed by atoms with van der Waals surface area (Å²) in [5.74, 6) is -8.29. The van der Waals surface area contributed by atoms with E-state index in [0.29, 0.717) is 16.7 Å². The van der Waals surface area contributed by atoms with Gasteiger partial charge in [0.05, 0.1) is 0 Å². The highest BCUT2D eigenvalue weighted by Crippen LogP contribution is 2.27. The molecule has 4 nitrogen and oxygen atoms in total. The molecule has 0 radical (unpaired) electrons. The van der Waals surface area contributed by atoms with Gasteiger partial charge in [-0.25, -0.2) is 26.0 Å². The van der Waals surface area contributed by atoms with Gasteiger partial charge in [0.2, 0.25) is 10.0 Å². The minimum absolute atomic E-state index is 0.125. The van der Waals surface area contributed by atoms with E-state index in [1.165, 1.54) is 31.2 Å². The van der Waals surface area contributed by atoms with Crippen LogP contribution in [-0.4, -0.2) is 18.5 Å². The van der Waals surface area contributed by atoms with Gasteiger partial charge in [-0.2, -0.15) is 4.31 Å². The highest BCUT2D eigenvalue weighted by molar-refractivity contribution is 7.89. The van der Waals surface area contributed by atoms with Crippen molar-refractivity contribution < 1.29 is 30.8 Å². The largest absolute Gasteiger partial charge is 0.295 e. The maximum absolute atomic E-state index is 14.3. The molecule has 3 aromatic carbocycles. The monoisotopic (exact) mass is 451 g/mol. The Bertz CT molecular complexity index is 1210. The third-order valence-electron chi connectivity index (χ3n) is 4.61. The lowest BCUT2D eigenvalue weighted by atomic mass is 10.1. The molecule has 0 aliphatic rings. The van der Waals surface area contributed by atoms with E-state index < -0.39 is 38.2 Å². The van der Waals surface area contributed by atoms with Crippen LogP contribution in [0.1, 0.15) is 28.4 Å². The van der Waals surface area contributed by atoms with Crippen molar-refractivity contribution in [2.45, 2.75) is 24.9 Å². The Kier molecular flexibility index (Phi) is 6.56. The zero-order chi connectivity index (χ0) is 22.8. The number of sulfonamides is 1. The van der Waals surface area contributed by atoms with Gasteiger partial charge in [-0.05, 0) is 18.1 Å². The summed E-state index contributed by atoms with van der Waals surface area (Å²) in [5, 5.41) is 0. The Morgan fingerprint density at radius 1 is 0.806 bits per heavy atom.